The summed E-state index contributed by atoms with van der Waals surface area (Å²) in [7, 11) is 0. The van der Waals surface area contributed by atoms with Crippen LogP contribution in [0.1, 0.15) is 31.0 Å². The Morgan fingerprint density at radius 2 is 1.81 bits per heavy atom. The molecule has 1 aromatic rings. The maximum Gasteiger partial charge on any atom is 0.0987 e. The molecular weight excluding hydrogens is 208 g/mol. The largest absolute Gasteiger partial charge is 0.324 e. The third-order valence-corrected chi connectivity index (χ3v) is 2.43. The first-order chi connectivity index (χ1) is 7.50. The monoisotopic (exact) mass is 226 g/mol. The van der Waals surface area contributed by atoms with Crippen LogP contribution in [0.15, 0.2) is 24.3 Å². The van der Waals surface area contributed by atoms with Crippen LogP contribution in [-0.4, -0.2) is 15.8 Å². The summed E-state index contributed by atoms with van der Waals surface area (Å²) in [6.45, 7) is 4.23. The van der Waals surface area contributed by atoms with Crippen LogP contribution in [0, 0.1) is 5.92 Å². The van der Waals surface area contributed by atoms with Crippen molar-refractivity contribution in [1.82, 2.24) is 5.39 Å². The fourth-order valence-corrected chi connectivity index (χ4v) is 1.35. The van der Waals surface area contributed by atoms with Gasteiger partial charge in [0.15, 0.2) is 0 Å². The van der Waals surface area contributed by atoms with Crippen LogP contribution in [0.2, 0.25) is 0 Å². The van der Waals surface area contributed by atoms with Crippen LogP contribution < -0.4 is 5.73 Å². The van der Waals surface area contributed by atoms with Gasteiger partial charge in [-0.3, -0.25) is 10.4 Å². The van der Waals surface area contributed by atoms with E-state index in [9.17, 15) is 0 Å². The normalized spacial score (nSPS) is 13.4. The highest BCUT2D eigenvalue weighted by Crippen LogP contribution is 2.19. The Balaban J connectivity index is 2.61. The molecule has 0 heterocycles. The van der Waals surface area contributed by atoms with Gasteiger partial charge in [0.2, 0.25) is 0 Å². The van der Waals surface area contributed by atoms with E-state index in [-0.39, 0.29) is 18.0 Å². The van der Waals surface area contributed by atoms with Gasteiger partial charge in [0.25, 0.3) is 0 Å². The molecule has 1 unspecified atom stereocenters. The molecule has 5 nitrogen and oxygen atoms in total. The molecule has 16 heavy (non-hydrogen) atoms. The van der Waals surface area contributed by atoms with E-state index in [1.165, 1.54) is 0 Å². The first kappa shape index (κ1) is 13.1. The van der Waals surface area contributed by atoms with Crippen molar-refractivity contribution in [1.29, 1.82) is 0 Å². The molecule has 0 fully saturated rings. The van der Waals surface area contributed by atoms with Gasteiger partial charge in [-0.1, -0.05) is 38.1 Å². The zero-order chi connectivity index (χ0) is 12.1. The van der Waals surface area contributed by atoms with E-state index in [1.54, 1.807) is 0 Å². The predicted octanol–water partition coefficient (Wildman–Crippen LogP) is 1.85. The average Bonchev–Trinajstić information content (AvgIpc) is 2.26. The Morgan fingerprint density at radius 1 is 1.25 bits per heavy atom. The fourth-order valence-electron chi connectivity index (χ4n) is 1.35. The smallest absolute Gasteiger partial charge is 0.0987 e. The van der Waals surface area contributed by atoms with Crippen molar-refractivity contribution in [2.24, 2.45) is 11.7 Å². The second-order valence-corrected chi connectivity index (χ2v) is 4.04. The van der Waals surface area contributed by atoms with E-state index in [4.69, 9.17) is 16.1 Å². The number of nitrogens with zero attached hydrogens (tertiary/aromatic N) is 1. The summed E-state index contributed by atoms with van der Waals surface area (Å²) in [5.74, 6) is 0.382. The summed E-state index contributed by atoms with van der Waals surface area (Å²) in [5.41, 5.74) is 7.89. The standard InChI is InChI=1S/C11H18N2O3/c1-8(2)11(12)10-5-3-9(4-6-10)7-16-13(14)15/h3-6,8,11,14-15H,7,12H2,1-2H3. The Kier molecular flexibility index (Phi) is 4.85. The highest BCUT2D eigenvalue weighted by molar-refractivity contribution is 5.24. The Hall–Kier alpha value is -0.980. The van der Waals surface area contributed by atoms with Gasteiger partial charge in [-0.05, 0) is 17.0 Å². The zero-order valence-electron chi connectivity index (χ0n) is 9.50. The molecule has 0 saturated carbocycles. The van der Waals surface area contributed by atoms with Crippen LogP contribution in [-0.2, 0) is 11.4 Å². The third-order valence-electron chi connectivity index (χ3n) is 2.43. The predicted molar refractivity (Wildman–Crippen MR) is 58.4 cm³/mol. The molecule has 0 aliphatic heterocycles. The van der Waals surface area contributed by atoms with E-state index in [1.807, 2.05) is 24.3 Å². The number of hydrogen-bond donors (Lipinski definition) is 3. The van der Waals surface area contributed by atoms with Gasteiger partial charge >= 0.3 is 0 Å². The molecule has 0 bridgehead atoms. The molecule has 0 amide bonds. The number of benzene rings is 1. The third kappa shape index (κ3) is 3.88. The van der Waals surface area contributed by atoms with Crippen molar-refractivity contribution in [3.8, 4) is 0 Å². The fraction of sp³-hybridized carbons (Fsp3) is 0.455. The van der Waals surface area contributed by atoms with Gasteiger partial charge in [-0.15, -0.1) is 0 Å². The molecule has 0 radical (unpaired) electrons. The molecule has 1 aromatic carbocycles. The minimum Gasteiger partial charge on any atom is -0.324 e. The Labute approximate surface area is 94.9 Å². The second-order valence-electron chi connectivity index (χ2n) is 4.04. The molecule has 4 N–H and O–H groups in total. The maximum atomic E-state index is 8.38. The number of hydrogen-bond acceptors (Lipinski definition) is 5. The van der Waals surface area contributed by atoms with Gasteiger partial charge in [0.1, 0.15) is 0 Å². The summed E-state index contributed by atoms with van der Waals surface area (Å²) in [6, 6.07) is 7.55. The van der Waals surface area contributed by atoms with E-state index in [0.717, 1.165) is 11.1 Å². The minimum absolute atomic E-state index is 0.0159. The van der Waals surface area contributed by atoms with Crippen LogP contribution in [0.5, 0.6) is 0 Å². The highest BCUT2D eigenvalue weighted by Gasteiger charge is 2.09. The molecule has 0 aliphatic rings. The van der Waals surface area contributed by atoms with Crippen molar-refractivity contribution < 1.29 is 15.3 Å². The zero-order valence-corrected chi connectivity index (χ0v) is 9.50. The van der Waals surface area contributed by atoms with Crippen LogP contribution >= 0.6 is 0 Å². The molecule has 0 aromatic heterocycles. The van der Waals surface area contributed by atoms with Crippen molar-refractivity contribution >= 4 is 0 Å². The molecule has 1 atom stereocenters. The Morgan fingerprint density at radius 3 is 2.25 bits per heavy atom. The Bertz CT molecular complexity index is 312. The highest BCUT2D eigenvalue weighted by atomic mass is 17.1. The van der Waals surface area contributed by atoms with Crippen LogP contribution in [0.25, 0.3) is 0 Å². The molecule has 1 rings (SSSR count). The van der Waals surface area contributed by atoms with Crippen molar-refractivity contribution in [3.63, 3.8) is 0 Å². The summed E-state index contributed by atoms with van der Waals surface area (Å²) in [6.07, 6.45) is 0. The molecule has 0 saturated heterocycles. The van der Waals surface area contributed by atoms with Gasteiger partial charge in [-0.2, -0.15) is 0 Å². The van der Waals surface area contributed by atoms with E-state index in [0.29, 0.717) is 5.92 Å². The van der Waals surface area contributed by atoms with E-state index < -0.39 is 0 Å². The lowest BCUT2D eigenvalue weighted by atomic mass is 9.96. The maximum absolute atomic E-state index is 8.38. The van der Waals surface area contributed by atoms with Gasteiger partial charge in [0.05, 0.1) is 12.0 Å². The number of nitrogens with two attached hydrogens (primary N) is 1. The lowest BCUT2D eigenvalue weighted by Gasteiger charge is -2.16. The summed E-state index contributed by atoms with van der Waals surface area (Å²) in [5, 5.41) is 16.5. The molecule has 90 valence electrons. The summed E-state index contributed by atoms with van der Waals surface area (Å²) >= 11 is 0. The van der Waals surface area contributed by atoms with Crippen molar-refractivity contribution in [2.75, 3.05) is 0 Å². The topological polar surface area (TPSA) is 79.0 Å². The first-order valence-corrected chi connectivity index (χ1v) is 5.16. The minimum atomic E-state index is -0.298. The van der Waals surface area contributed by atoms with Crippen molar-refractivity contribution in [3.05, 3.63) is 35.4 Å². The van der Waals surface area contributed by atoms with Crippen LogP contribution in [0.4, 0.5) is 0 Å². The average molecular weight is 226 g/mol. The van der Waals surface area contributed by atoms with Gasteiger partial charge in [0, 0.05) is 6.04 Å². The summed E-state index contributed by atoms with van der Waals surface area (Å²) < 4.78 is 0. The molecule has 5 heteroatoms. The van der Waals surface area contributed by atoms with Gasteiger partial charge in [-0.25, -0.2) is 4.84 Å². The second kappa shape index (κ2) is 5.93. The summed E-state index contributed by atoms with van der Waals surface area (Å²) in [4.78, 5) is 4.49. The lowest BCUT2D eigenvalue weighted by Crippen LogP contribution is -2.17. The van der Waals surface area contributed by atoms with Crippen molar-refractivity contribution in [2.45, 2.75) is 26.5 Å². The van der Waals surface area contributed by atoms with E-state index >= 15 is 0 Å². The molecule has 0 aliphatic carbocycles. The SMILES string of the molecule is CC(C)C(N)c1ccc(CON(O)O)cc1. The lowest BCUT2D eigenvalue weighted by molar-refractivity contribution is -0.497. The number of rotatable bonds is 5. The van der Waals surface area contributed by atoms with Gasteiger partial charge < -0.3 is 5.73 Å². The van der Waals surface area contributed by atoms with E-state index in [2.05, 4.69) is 18.7 Å². The van der Waals surface area contributed by atoms with Crippen LogP contribution in [0.3, 0.4) is 0 Å². The first-order valence-electron chi connectivity index (χ1n) is 5.16. The quantitative estimate of drug-likeness (QED) is 0.668. The molecular formula is C11H18N2O3. The molecule has 0 spiro atoms.